The lowest BCUT2D eigenvalue weighted by Gasteiger charge is -2.07. The molecule has 0 saturated carbocycles. The molecule has 0 aliphatic heterocycles. The second-order valence-electron chi connectivity index (χ2n) is 7.42. The Balaban J connectivity index is 1.38. The lowest BCUT2D eigenvalue weighted by Crippen LogP contribution is -2.12. The van der Waals surface area contributed by atoms with Gasteiger partial charge in [-0.05, 0) is 70.5 Å². The topological polar surface area (TPSA) is 56.1 Å². The van der Waals surface area contributed by atoms with Crippen LogP contribution < -0.4 is 10.1 Å². The fourth-order valence-electron chi connectivity index (χ4n) is 3.07. The summed E-state index contributed by atoms with van der Waals surface area (Å²) in [6.07, 6.45) is 1.71. The van der Waals surface area contributed by atoms with Crippen molar-refractivity contribution in [2.24, 2.45) is 0 Å². The summed E-state index contributed by atoms with van der Waals surface area (Å²) in [5, 5.41) is 9.07. The van der Waals surface area contributed by atoms with Gasteiger partial charge in [-0.2, -0.15) is 5.10 Å². The third kappa shape index (κ3) is 5.26. The number of hydrogen-bond donors (Lipinski definition) is 1. The summed E-state index contributed by atoms with van der Waals surface area (Å²) in [6.45, 7) is 4.75. The molecule has 1 N–H and O–H groups in total. The molecule has 0 aliphatic carbocycles. The Kier molecular flexibility index (Phi) is 6.72. The molecular weight excluding hydrogens is 493 g/mol. The van der Waals surface area contributed by atoms with Crippen LogP contribution in [-0.4, -0.2) is 15.7 Å². The Morgan fingerprint density at radius 1 is 1.19 bits per heavy atom. The molecule has 0 bridgehead atoms. The van der Waals surface area contributed by atoms with E-state index in [4.69, 9.17) is 4.74 Å². The van der Waals surface area contributed by atoms with Crippen LogP contribution in [0.5, 0.6) is 5.75 Å². The van der Waals surface area contributed by atoms with Gasteiger partial charge in [-0.25, -0.2) is 4.39 Å². The van der Waals surface area contributed by atoms with Gasteiger partial charge in [0.1, 0.15) is 18.2 Å². The lowest BCUT2D eigenvalue weighted by molar-refractivity contribution is 0.103. The van der Waals surface area contributed by atoms with Crippen molar-refractivity contribution in [3.63, 3.8) is 0 Å². The molecular formula is C24H21BrFN3O2S. The number of rotatable bonds is 7. The first kappa shape index (κ1) is 22.2. The van der Waals surface area contributed by atoms with E-state index in [1.807, 2.05) is 36.6 Å². The molecule has 8 heteroatoms. The minimum absolute atomic E-state index is 0.260. The maximum Gasteiger partial charge on any atom is 0.266 e. The van der Waals surface area contributed by atoms with Crippen molar-refractivity contribution in [1.82, 2.24) is 9.78 Å². The van der Waals surface area contributed by atoms with Crippen molar-refractivity contribution in [3.05, 3.63) is 97.5 Å². The highest BCUT2D eigenvalue weighted by molar-refractivity contribution is 9.10. The van der Waals surface area contributed by atoms with E-state index >= 15 is 0 Å². The van der Waals surface area contributed by atoms with Crippen LogP contribution in [0.1, 0.15) is 31.9 Å². The summed E-state index contributed by atoms with van der Waals surface area (Å²) >= 11 is 4.75. The minimum Gasteiger partial charge on any atom is -0.489 e. The maximum atomic E-state index is 13.9. The number of halogens is 2. The number of hydrogen-bond acceptors (Lipinski definition) is 4. The van der Waals surface area contributed by atoms with Gasteiger partial charge in [0.05, 0.1) is 15.9 Å². The van der Waals surface area contributed by atoms with Gasteiger partial charge in [0, 0.05) is 17.3 Å². The highest BCUT2D eigenvalue weighted by atomic mass is 79.9. The molecule has 2 aromatic heterocycles. The largest absolute Gasteiger partial charge is 0.489 e. The molecule has 0 saturated heterocycles. The molecule has 4 aromatic rings. The molecule has 5 nitrogen and oxygen atoms in total. The maximum absolute atomic E-state index is 13.9. The van der Waals surface area contributed by atoms with Gasteiger partial charge in [-0.1, -0.05) is 24.3 Å². The SMILES string of the molecule is Cc1ccc(OCc2csc(C(=O)Nc3nn(Cc4ccccc4F)cc3Br)c2)cc1C. The Labute approximate surface area is 198 Å². The van der Waals surface area contributed by atoms with Gasteiger partial charge in [0.2, 0.25) is 0 Å². The fraction of sp³-hybridized carbons (Fsp3) is 0.167. The number of aromatic nitrogens is 2. The smallest absolute Gasteiger partial charge is 0.266 e. The molecule has 0 aliphatic rings. The molecule has 0 spiro atoms. The standard InChI is InChI=1S/C24H21BrFN3O2S/c1-15-7-8-19(9-16(15)2)31-13-17-10-22(32-14-17)24(30)27-23-20(25)12-29(28-23)11-18-5-3-4-6-21(18)26/h3-10,12,14H,11,13H2,1-2H3,(H,27,28,30). The van der Waals surface area contributed by atoms with E-state index in [1.165, 1.54) is 28.5 Å². The zero-order chi connectivity index (χ0) is 22.7. The van der Waals surface area contributed by atoms with Gasteiger partial charge in [-0.3, -0.25) is 9.48 Å². The van der Waals surface area contributed by atoms with Gasteiger partial charge < -0.3 is 10.1 Å². The van der Waals surface area contributed by atoms with Gasteiger partial charge in [-0.15, -0.1) is 11.3 Å². The second-order valence-corrected chi connectivity index (χ2v) is 9.19. The first-order valence-corrected chi connectivity index (χ1v) is 11.6. The number of amides is 1. The number of carbonyl (C=O) groups excluding carboxylic acids is 1. The monoisotopic (exact) mass is 513 g/mol. The second kappa shape index (κ2) is 9.67. The molecule has 0 radical (unpaired) electrons. The quantitative estimate of drug-likeness (QED) is 0.313. The van der Waals surface area contributed by atoms with Crippen molar-refractivity contribution >= 4 is 39.0 Å². The van der Waals surface area contributed by atoms with Crippen molar-refractivity contribution in [1.29, 1.82) is 0 Å². The number of aryl methyl sites for hydroxylation is 2. The van der Waals surface area contributed by atoms with Crippen LogP contribution in [-0.2, 0) is 13.2 Å². The summed E-state index contributed by atoms with van der Waals surface area (Å²) in [5.41, 5.74) is 3.83. The Morgan fingerprint density at radius 2 is 2.00 bits per heavy atom. The summed E-state index contributed by atoms with van der Waals surface area (Å²) < 4.78 is 21.9. The van der Waals surface area contributed by atoms with Crippen LogP contribution in [0.25, 0.3) is 0 Å². The third-order valence-electron chi connectivity index (χ3n) is 5.00. The molecule has 1 amide bonds. The highest BCUT2D eigenvalue weighted by Crippen LogP contribution is 2.24. The molecule has 0 unspecified atom stereocenters. The van der Waals surface area contributed by atoms with E-state index in [0.29, 0.717) is 27.3 Å². The van der Waals surface area contributed by atoms with Crippen LogP contribution >= 0.6 is 27.3 Å². The minimum atomic E-state index is -0.293. The molecule has 0 atom stereocenters. The molecule has 164 valence electrons. The van der Waals surface area contributed by atoms with Gasteiger partial charge >= 0.3 is 0 Å². The van der Waals surface area contributed by atoms with Crippen molar-refractivity contribution in [3.8, 4) is 5.75 Å². The van der Waals surface area contributed by atoms with Crippen LogP contribution in [0.4, 0.5) is 10.2 Å². The van der Waals surface area contributed by atoms with Gasteiger partial charge in [0.15, 0.2) is 5.82 Å². The van der Waals surface area contributed by atoms with E-state index in [0.717, 1.165) is 11.3 Å². The molecule has 2 aromatic carbocycles. The number of nitrogens with zero attached hydrogens (tertiary/aromatic N) is 2. The first-order chi connectivity index (χ1) is 15.4. The highest BCUT2D eigenvalue weighted by Gasteiger charge is 2.15. The summed E-state index contributed by atoms with van der Waals surface area (Å²) in [4.78, 5) is 13.2. The number of anilines is 1. The number of ether oxygens (including phenoxy) is 1. The predicted molar refractivity (Wildman–Crippen MR) is 128 cm³/mol. The van der Waals surface area contributed by atoms with E-state index in [1.54, 1.807) is 29.1 Å². The number of benzene rings is 2. The average Bonchev–Trinajstić information content (AvgIpc) is 3.37. The summed E-state index contributed by atoms with van der Waals surface area (Å²) in [7, 11) is 0. The number of nitrogens with one attached hydrogen (secondary N) is 1. The van der Waals surface area contributed by atoms with Crippen molar-refractivity contribution < 1.29 is 13.9 Å². The lowest BCUT2D eigenvalue weighted by atomic mass is 10.1. The summed E-state index contributed by atoms with van der Waals surface area (Å²) in [5.74, 6) is 0.630. The van der Waals surface area contributed by atoms with E-state index in [2.05, 4.69) is 33.3 Å². The molecule has 32 heavy (non-hydrogen) atoms. The van der Waals surface area contributed by atoms with E-state index < -0.39 is 0 Å². The van der Waals surface area contributed by atoms with Gasteiger partial charge in [0.25, 0.3) is 5.91 Å². The zero-order valence-electron chi connectivity index (χ0n) is 17.6. The zero-order valence-corrected chi connectivity index (χ0v) is 20.0. The van der Waals surface area contributed by atoms with E-state index in [9.17, 15) is 9.18 Å². The Bertz CT molecular complexity index is 1270. The van der Waals surface area contributed by atoms with E-state index in [-0.39, 0.29) is 18.3 Å². The van der Waals surface area contributed by atoms with Crippen LogP contribution in [0.3, 0.4) is 0 Å². The number of thiophene rings is 1. The Morgan fingerprint density at radius 3 is 2.78 bits per heavy atom. The molecule has 4 rings (SSSR count). The number of carbonyl (C=O) groups is 1. The van der Waals surface area contributed by atoms with Crippen LogP contribution in [0.2, 0.25) is 0 Å². The third-order valence-corrected chi connectivity index (χ3v) is 6.56. The van der Waals surface area contributed by atoms with Crippen molar-refractivity contribution in [2.75, 3.05) is 5.32 Å². The summed E-state index contributed by atoms with van der Waals surface area (Å²) in [6, 6.07) is 14.3. The normalized spacial score (nSPS) is 10.9. The average molecular weight is 514 g/mol. The predicted octanol–water partition coefficient (Wildman–Crippen LogP) is 6.34. The van der Waals surface area contributed by atoms with Crippen LogP contribution in [0, 0.1) is 19.7 Å². The fourth-order valence-corrected chi connectivity index (χ4v) is 4.28. The first-order valence-electron chi connectivity index (χ1n) is 9.94. The Hall–Kier alpha value is -2.97. The van der Waals surface area contributed by atoms with Crippen LogP contribution in [0.15, 0.2) is 64.6 Å². The van der Waals surface area contributed by atoms with Crippen molar-refractivity contribution in [2.45, 2.75) is 27.0 Å². The molecule has 0 fully saturated rings. The molecule has 2 heterocycles.